The lowest BCUT2D eigenvalue weighted by Gasteiger charge is -2.22. The number of nitrogens with one attached hydrogen (secondary N) is 1. The number of aliphatic hydroxyl groups excluding tert-OH is 5. The first-order valence-electron chi connectivity index (χ1n) is 9.82. The van der Waals surface area contributed by atoms with E-state index < -0.39 is 49.0 Å². The summed E-state index contributed by atoms with van der Waals surface area (Å²) in [5.41, 5.74) is 6.30. The van der Waals surface area contributed by atoms with Crippen molar-refractivity contribution >= 4 is 18.2 Å². The van der Waals surface area contributed by atoms with Crippen molar-refractivity contribution < 1.29 is 50.1 Å². The second kappa shape index (κ2) is 16.2. The van der Waals surface area contributed by atoms with E-state index in [1.165, 1.54) is 0 Å². The van der Waals surface area contributed by atoms with Crippen molar-refractivity contribution in [1.82, 2.24) is 5.32 Å². The molecule has 1 aromatic rings. The van der Waals surface area contributed by atoms with Crippen LogP contribution in [0.15, 0.2) is 30.3 Å². The van der Waals surface area contributed by atoms with E-state index in [0.29, 0.717) is 6.42 Å². The molecule has 1 fully saturated rings. The van der Waals surface area contributed by atoms with Gasteiger partial charge in [-0.25, -0.2) is 0 Å². The normalized spacial score (nSPS) is 19.6. The fourth-order valence-electron chi connectivity index (χ4n) is 2.47. The number of carboxylic acid groups (broad SMARTS) is 2. The van der Waals surface area contributed by atoms with E-state index in [0.717, 1.165) is 24.9 Å². The van der Waals surface area contributed by atoms with Crippen molar-refractivity contribution in [3.63, 3.8) is 0 Å². The maximum Gasteiger partial charge on any atom is 0.320 e. The van der Waals surface area contributed by atoms with Gasteiger partial charge in [-0.05, 0) is 31.4 Å². The Labute approximate surface area is 184 Å². The van der Waals surface area contributed by atoms with Crippen LogP contribution in [0.1, 0.15) is 18.4 Å². The number of hydrogen-bond acceptors (Lipinski definition) is 10. The number of hydrogen-bond donors (Lipinski definition) is 9. The highest BCUT2D eigenvalue weighted by Crippen LogP contribution is 2.04. The molecular weight excluding hydrogens is 428 g/mol. The van der Waals surface area contributed by atoms with Gasteiger partial charge in [-0.1, -0.05) is 30.3 Å². The van der Waals surface area contributed by atoms with E-state index in [1.54, 1.807) is 0 Å². The molecule has 2 rings (SSSR count). The summed E-state index contributed by atoms with van der Waals surface area (Å²) >= 11 is 0. The quantitative estimate of drug-likeness (QED) is 0.169. The molecule has 12 heteroatoms. The van der Waals surface area contributed by atoms with Crippen molar-refractivity contribution in [3.05, 3.63) is 35.9 Å². The molecule has 0 radical (unpaired) electrons. The second-order valence-electron chi connectivity index (χ2n) is 6.98. The summed E-state index contributed by atoms with van der Waals surface area (Å²) in [6.45, 7) is 0.0980. The van der Waals surface area contributed by atoms with Crippen LogP contribution in [0, 0.1) is 0 Å². The van der Waals surface area contributed by atoms with Crippen LogP contribution in [0.4, 0.5) is 0 Å². The molecule has 6 atom stereocenters. The first kappa shape index (κ1) is 29.5. The number of aldehydes is 1. The first-order valence-corrected chi connectivity index (χ1v) is 9.82. The molecule has 1 aliphatic rings. The Kier molecular flexibility index (Phi) is 15.0. The Morgan fingerprint density at radius 2 is 1.69 bits per heavy atom. The fourth-order valence-corrected chi connectivity index (χ4v) is 2.47. The smallest absolute Gasteiger partial charge is 0.320 e. The Morgan fingerprint density at radius 1 is 1.09 bits per heavy atom. The van der Waals surface area contributed by atoms with Gasteiger partial charge in [0.05, 0.1) is 6.61 Å². The van der Waals surface area contributed by atoms with Crippen LogP contribution >= 0.6 is 0 Å². The van der Waals surface area contributed by atoms with Crippen molar-refractivity contribution in [3.8, 4) is 0 Å². The number of aliphatic hydroxyl groups is 5. The summed E-state index contributed by atoms with van der Waals surface area (Å²) in [4.78, 5) is 30.4. The third kappa shape index (κ3) is 11.8. The zero-order chi connectivity index (χ0) is 24.7. The molecular formula is C20H32N2O10. The molecule has 0 spiro atoms. The Morgan fingerprint density at radius 3 is 2.06 bits per heavy atom. The molecule has 1 saturated heterocycles. The zero-order valence-corrected chi connectivity index (χ0v) is 17.4. The minimum absolute atomic E-state index is 0.0258. The molecule has 0 aromatic heterocycles. The molecule has 182 valence electrons. The van der Waals surface area contributed by atoms with Crippen LogP contribution in [0.5, 0.6) is 0 Å². The average molecular weight is 460 g/mol. The predicted molar refractivity (Wildman–Crippen MR) is 112 cm³/mol. The summed E-state index contributed by atoms with van der Waals surface area (Å²) in [5.74, 6) is -1.68. The molecule has 0 aliphatic carbocycles. The highest BCUT2D eigenvalue weighted by atomic mass is 16.4. The highest BCUT2D eigenvalue weighted by molar-refractivity contribution is 5.74. The lowest BCUT2D eigenvalue weighted by Crippen LogP contribution is -2.46. The van der Waals surface area contributed by atoms with Crippen molar-refractivity contribution in [2.24, 2.45) is 5.73 Å². The summed E-state index contributed by atoms with van der Waals surface area (Å²) in [6.07, 6.45) is -4.67. The largest absolute Gasteiger partial charge is 0.480 e. The van der Waals surface area contributed by atoms with Crippen LogP contribution in [-0.4, -0.2) is 104 Å². The number of nitrogens with two attached hydrogens (primary N) is 1. The topological polar surface area (TPSA) is 231 Å². The molecule has 32 heavy (non-hydrogen) atoms. The molecule has 0 unspecified atom stereocenters. The van der Waals surface area contributed by atoms with Gasteiger partial charge in [0.25, 0.3) is 0 Å². The van der Waals surface area contributed by atoms with E-state index in [4.69, 9.17) is 41.5 Å². The van der Waals surface area contributed by atoms with Gasteiger partial charge in [0, 0.05) is 0 Å². The Bertz CT molecular complexity index is 670. The van der Waals surface area contributed by atoms with E-state index in [2.05, 4.69) is 5.32 Å². The molecule has 0 amide bonds. The second-order valence-corrected chi connectivity index (χ2v) is 6.98. The van der Waals surface area contributed by atoms with Gasteiger partial charge in [-0.15, -0.1) is 0 Å². The van der Waals surface area contributed by atoms with Gasteiger partial charge in [0.15, 0.2) is 6.29 Å². The molecule has 12 nitrogen and oxygen atoms in total. The van der Waals surface area contributed by atoms with Crippen LogP contribution in [0.25, 0.3) is 0 Å². The van der Waals surface area contributed by atoms with Gasteiger partial charge < -0.3 is 51.6 Å². The number of carbonyl (C=O) groups excluding carboxylic acids is 1. The number of carbonyl (C=O) groups is 3. The minimum Gasteiger partial charge on any atom is -0.480 e. The Balaban J connectivity index is 0.000000460. The number of benzene rings is 1. The lowest BCUT2D eigenvalue weighted by molar-refractivity contribution is -0.139. The standard InChI is InChI=1S/C9H11NO2.C6H12O6.C5H9NO2/c10-8(9(11)12)6-7-4-2-1-3-5-7;7-1-3(9)5(11)6(12)4(10)2-8;7-5(8)4-2-1-3-6-4/h1-5,8H,6,10H2,(H,11,12);1,3-6,8-12H,2H2;4,6H,1-3H2,(H,7,8)/t8-;3-,4+,5+,6+;4-/m000/s1. The van der Waals surface area contributed by atoms with Gasteiger partial charge >= 0.3 is 11.9 Å². The van der Waals surface area contributed by atoms with E-state index >= 15 is 0 Å². The maximum atomic E-state index is 10.4. The van der Waals surface area contributed by atoms with Gasteiger partial charge in [-0.3, -0.25) is 9.59 Å². The average Bonchev–Trinajstić information content (AvgIpc) is 3.34. The van der Waals surface area contributed by atoms with Crippen LogP contribution in [0.3, 0.4) is 0 Å². The van der Waals surface area contributed by atoms with Crippen molar-refractivity contribution in [2.75, 3.05) is 13.2 Å². The lowest BCUT2D eigenvalue weighted by atomic mass is 10.0. The van der Waals surface area contributed by atoms with Gasteiger partial charge in [-0.2, -0.15) is 0 Å². The number of rotatable bonds is 9. The highest BCUT2D eigenvalue weighted by Gasteiger charge is 2.29. The zero-order valence-electron chi connectivity index (χ0n) is 17.4. The predicted octanol–water partition coefficient (Wildman–Crippen LogP) is -2.91. The maximum absolute atomic E-state index is 10.4. The number of aliphatic carboxylic acids is 2. The Hall–Kier alpha value is -2.45. The summed E-state index contributed by atoms with van der Waals surface area (Å²) in [7, 11) is 0. The van der Waals surface area contributed by atoms with E-state index in [-0.39, 0.29) is 12.3 Å². The van der Waals surface area contributed by atoms with E-state index in [9.17, 15) is 14.4 Å². The van der Waals surface area contributed by atoms with Crippen LogP contribution in [0.2, 0.25) is 0 Å². The molecule has 0 bridgehead atoms. The SMILES string of the molecule is N[C@@H](Cc1ccccc1)C(=O)O.O=C(O)[C@@H]1CCCN1.O=C[C@H](O)[C@@H](O)[C@H](O)[C@H](O)CO. The van der Waals surface area contributed by atoms with Crippen molar-refractivity contribution in [2.45, 2.75) is 55.8 Å². The summed E-state index contributed by atoms with van der Waals surface area (Å²) < 4.78 is 0. The molecule has 1 heterocycles. The third-order valence-electron chi connectivity index (χ3n) is 4.39. The molecule has 0 saturated carbocycles. The number of carboxylic acids is 2. The minimum atomic E-state index is -1.79. The van der Waals surface area contributed by atoms with Gasteiger partial charge in [0.2, 0.25) is 0 Å². The first-order chi connectivity index (χ1) is 15.0. The molecule has 1 aromatic carbocycles. The summed E-state index contributed by atoms with van der Waals surface area (Å²) in [5, 5.41) is 63.3. The fraction of sp³-hybridized carbons (Fsp3) is 0.550. The summed E-state index contributed by atoms with van der Waals surface area (Å²) in [6, 6.07) is 8.28. The molecule has 1 aliphatic heterocycles. The third-order valence-corrected chi connectivity index (χ3v) is 4.39. The van der Waals surface area contributed by atoms with Crippen LogP contribution < -0.4 is 11.1 Å². The van der Waals surface area contributed by atoms with Gasteiger partial charge in [0.1, 0.15) is 36.5 Å². The van der Waals surface area contributed by atoms with E-state index in [1.807, 2.05) is 30.3 Å². The monoisotopic (exact) mass is 460 g/mol. The van der Waals surface area contributed by atoms with Crippen LogP contribution in [-0.2, 0) is 20.8 Å². The molecule has 10 N–H and O–H groups in total. The van der Waals surface area contributed by atoms with Crippen molar-refractivity contribution in [1.29, 1.82) is 0 Å².